The molecule has 2 unspecified atom stereocenters. The molecule has 9 heteroatoms. The summed E-state index contributed by atoms with van der Waals surface area (Å²) in [5, 5.41) is 9.69. The van der Waals surface area contributed by atoms with Crippen molar-refractivity contribution in [1.29, 1.82) is 0 Å². The number of esters is 2. The number of ether oxygens (including phenoxy) is 4. The standard InChI is InChI=1S/C58H103NO8/c1-6-8-10-12-14-16-18-20-22-24-26-28-30-32-34-36-38-40-42-44-46-48-55(60)65-52-54(53-66-58(57(62)63)64-51-50-59(3,4)5)67-56(61)49-47-45-43-41-39-37-35-33-31-29-27-25-23-21-19-17-15-13-11-9-7-2/h9,11,15,17,21,23-24,26-27,29,54,58H,6-8,10,12-14,16,18-20,22,25,28,30-53H2,1-5H3/p+1/b11-9-,17-15-,23-21-,26-24-,29-27-. The van der Waals surface area contributed by atoms with Gasteiger partial charge >= 0.3 is 17.9 Å². The fourth-order valence-corrected chi connectivity index (χ4v) is 7.53. The number of aliphatic carboxylic acids is 1. The third-order valence-corrected chi connectivity index (χ3v) is 11.8. The smallest absolute Gasteiger partial charge is 0.361 e. The predicted molar refractivity (Wildman–Crippen MR) is 281 cm³/mol. The fourth-order valence-electron chi connectivity index (χ4n) is 7.53. The Kier molecular flexibility index (Phi) is 47.2. The molecule has 0 aliphatic rings. The zero-order chi connectivity index (χ0) is 49.2. The molecule has 0 aliphatic carbocycles. The Bertz CT molecular complexity index is 1280. The molecule has 1 N–H and O–H groups in total. The van der Waals surface area contributed by atoms with Gasteiger partial charge in [0.2, 0.25) is 0 Å². The van der Waals surface area contributed by atoms with Gasteiger partial charge in [-0.1, -0.05) is 203 Å². The van der Waals surface area contributed by atoms with Crippen molar-refractivity contribution < 1.29 is 42.9 Å². The van der Waals surface area contributed by atoms with Gasteiger partial charge in [0.15, 0.2) is 6.10 Å². The van der Waals surface area contributed by atoms with E-state index < -0.39 is 24.3 Å². The Labute approximate surface area is 412 Å². The summed E-state index contributed by atoms with van der Waals surface area (Å²) in [5.74, 6) is -2.02. The van der Waals surface area contributed by atoms with E-state index in [1.54, 1.807) is 0 Å². The van der Waals surface area contributed by atoms with Crippen LogP contribution in [0, 0.1) is 0 Å². The number of nitrogens with zero attached hydrogens (tertiary/aromatic N) is 1. The van der Waals surface area contributed by atoms with Gasteiger partial charge in [-0.15, -0.1) is 0 Å². The number of carboxylic acids is 1. The second kappa shape index (κ2) is 49.4. The molecular weight excluding hydrogens is 839 g/mol. The monoisotopic (exact) mass is 943 g/mol. The van der Waals surface area contributed by atoms with Crippen LogP contribution in [0.25, 0.3) is 0 Å². The van der Waals surface area contributed by atoms with Crippen LogP contribution in [0.4, 0.5) is 0 Å². The first-order valence-corrected chi connectivity index (χ1v) is 27.5. The highest BCUT2D eigenvalue weighted by molar-refractivity contribution is 5.71. The van der Waals surface area contributed by atoms with Crippen LogP contribution in [0.2, 0.25) is 0 Å². The second-order valence-corrected chi connectivity index (χ2v) is 19.5. The lowest BCUT2D eigenvalue weighted by atomic mass is 10.1. The summed E-state index contributed by atoms with van der Waals surface area (Å²) in [4.78, 5) is 37.4. The zero-order valence-electron chi connectivity index (χ0n) is 44.1. The van der Waals surface area contributed by atoms with Gasteiger partial charge in [0, 0.05) is 12.8 Å². The number of carboxylic acid groups (broad SMARTS) is 1. The molecule has 0 aliphatic heterocycles. The number of quaternary nitrogens is 1. The van der Waals surface area contributed by atoms with Crippen molar-refractivity contribution in [3.8, 4) is 0 Å². The molecule has 0 saturated carbocycles. The first-order chi connectivity index (χ1) is 32.6. The van der Waals surface area contributed by atoms with Crippen molar-refractivity contribution in [2.24, 2.45) is 0 Å². The first-order valence-electron chi connectivity index (χ1n) is 27.5. The molecule has 67 heavy (non-hydrogen) atoms. The maximum Gasteiger partial charge on any atom is 0.361 e. The molecule has 0 bridgehead atoms. The Morgan fingerprint density at radius 1 is 0.463 bits per heavy atom. The number of allylic oxidation sites excluding steroid dienone is 10. The zero-order valence-corrected chi connectivity index (χ0v) is 44.1. The molecule has 0 aromatic heterocycles. The van der Waals surface area contributed by atoms with Crippen molar-refractivity contribution in [3.63, 3.8) is 0 Å². The largest absolute Gasteiger partial charge is 0.477 e. The van der Waals surface area contributed by atoms with Crippen LogP contribution in [0.5, 0.6) is 0 Å². The van der Waals surface area contributed by atoms with Gasteiger partial charge in [-0.25, -0.2) is 4.79 Å². The van der Waals surface area contributed by atoms with E-state index in [0.29, 0.717) is 23.9 Å². The molecule has 0 amide bonds. The highest BCUT2D eigenvalue weighted by Crippen LogP contribution is 2.15. The summed E-state index contributed by atoms with van der Waals surface area (Å²) in [6.45, 7) is 4.76. The Hall–Kier alpha value is -3.01. The maximum absolute atomic E-state index is 12.8. The predicted octanol–water partition coefficient (Wildman–Crippen LogP) is 15.7. The number of carbonyl (C=O) groups is 3. The van der Waals surface area contributed by atoms with Crippen LogP contribution in [0.1, 0.15) is 232 Å². The van der Waals surface area contributed by atoms with Crippen LogP contribution >= 0.6 is 0 Å². The molecule has 0 fully saturated rings. The maximum atomic E-state index is 12.8. The Balaban J connectivity index is 4.31. The summed E-state index contributed by atoms with van der Waals surface area (Å²) in [6.07, 6.45) is 58.6. The molecular formula is C58H104NO8+. The van der Waals surface area contributed by atoms with Crippen LogP contribution in [0.3, 0.4) is 0 Å². The molecule has 0 aromatic rings. The second-order valence-electron chi connectivity index (χ2n) is 19.5. The number of hydrogen-bond acceptors (Lipinski definition) is 7. The average molecular weight is 943 g/mol. The topological polar surface area (TPSA) is 108 Å². The van der Waals surface area contributed by atoms with Gasteiger partial charge in [0.05, 0.1) is 34.4 Å². The summed E-state index contributed by atoms with van der Waals surface area (Å²) >= 11 is 0. The molecule has 0 heterocycles. The van der Waals surface area contributed by atoms with Crippen LogP contribution in [0.15, 0.2) is 60.8 Å². The number of rotatable bonds is 50. The van der Waals surface area contributed by atoms with Gasteiger partial charge in [-0.05, 0) is 77.0 Å². The Morgan fingerprint density at radius 3 is 1.28 bits per heavy atom. The van der Waals surface area contributed by atoms with Gasteiger partial charge in [0.1, 0.15) is 13.2 Å². The minimum absolute atomic E-state index is 0.184. The van der Waals surface area contributed by atoms with Crippen molar-refractivity contribution in [2.45, 2.75) is 245 Å². The summed E-state index contributed by atoms with van der Waals surface area (Å²) in [5.41, 5.74) is 0. The molecule has 388 valence electrons. The highest BCUT2D eigenvalue weighted by atomic mass is 16.7. The number of hydrogen-bond donors (Lipinski definition) is 1. The van der Waals surface area contributed by atoms with Crippen LogP contribution < -0.4 is 0 Å². The van der Waals surface area contributed by atoms with Gasteiger partial charge in [-0.3, -0.25) is 9.59 Å². The molecule has 0 radical (unpaired) electrons. The van der Waals surface area contributed by atoms with E-state index in [-0.39, 0.29) is 32.2 Å². The van der Waals surface area contributed by atoms with Crippen molar-refractivity contribution in [3.05, 3.63) is 60.8 Å². The fraction of sp³-hybridized carbons (Fsp3) is 0.776. The lowest BCUT2D eigenvalue weighted by molar-refractivity contribution is -0.870. The third kappa shape index (κ3) is 50.7. The van der Waals surface area contributed by atoms with E-state index in [2.05, 4.69) is 74.6 Å². The first kappa shape index (κ1) is 64.0. The summed E-state index contributed by atoms with van der Waals surface area (Å²) < 4.78 is 22.9. The van der Waals surface area contributed by atoms with Crippen molar-refractivity contribution in [2.75, 3.05) is 47.5 Å². The number of likely N-dealkylation sites (N-methyl/N-ethyl adjacent to an activating group) is 1. The minimum Gasteiger partial charge on any atom is -0.477 e. The van der Waals surface area contributed by atoms with E-state index in [1.165, 1.54) is 128 Å². The molecule has 0 aromatic carbocycles. The normalized spacial score (nSPS) is 13.3. The van der Waals surface area contributed by atoms with Crippen LogP contribution in [-0.4, -0.2) is 87.4 Å². The quantitative estimate of drug-likeness (QED) is 0.0211. The lowest BCUT2D eigenvalue weighted by Gasteiger charge is -2.25. The highest BCUT2D eigenvalue weighted by Gasteiger charge is 2.25. The molecule has 0 rings (SSSR count). The van der Waals surface area contributed by atoms with Gasteiger partial charge in [0.25, 0.3) is 6.29 Å². The minimum atomic E-state index is -1.51. The average Bonchev–Trinajstić information content (AvgIpc) is 3.29. The lowest BCUT2D eigenvalue weighted by Crippen LogP contribution is -2.40. The van der Waals surface area contributed by atoms with E-state index in [0.717, 1.165) is 70.6 Å². The van der Waals surface area contributed by atoms with Crippen molar-refractivity contribution in [1.82, 2.24) is 0 Å². The summed E-state index contributed by atoms with van der Waals surface area (Å²) in [7, 11) is 5.96. The van der Waals surface area contributed by atoms with E-state index >= 15 is 0 Å². The Morgan fingerprint density at radius 2 is 0.851 bits per heavy atom. The van der Waals surface area contributed by atoms with Gasteiger partial charge < -0.3 is 28.5 Å². The number of unbranched alkanes of at least 4 members (excludes halogenated alkanes) is 25. The van der Waals surface area contributed by atoms with Crippen LogP contribution in [-0.2, 0) is 33.3 Å². The van der Waals surface area contributed by atoms with E-state index in [4.69, 9.17) is 18.9 Å². The summed E-state index contributed by atoms with van der Waals surface area (Å²) in [6, 6.07) is 0. The van der Waals surface area contributed by atoms with Gasteiger partial charge in [-0.2, -0.15) is 0 Å². The molecule has 2 atom stereocenters. The van der Waals surface area contributed by atoms with E-state index in [1.807, 2.05) is 21.1 Å². The third-order valence-electron chi connectivity index (χ3n) is 11.8. The SMILES string of the molecule is CC/C=C\C/C=C\C/C=C\C/C=C\CCCCCCCCCCC(=O)OC(COC(=O)CCCCCCCCCCC/C=C\CCCCCCCCCC)COC(OCC[N+](C)(C)C)C(=O)O. The number of carbonyl (C=O) groups excluding carboxylic acids is 2. The molecule has 9 nitrogen and oxygen atoms in total. The molecule has 0 saturated heterocycles. The van der Waals surface area contributed by atoms with Crippen molar-refractivity contribution >= 4 is 17.9 Å². The molecule has 0 spiro atoms. The van der Waals surface area contributed by atoms with E-state index in [9.17, 15) is 19.5 Å².